The average Bonchev–Trinajstić information content (AvgIpc) is 2.99. The summed E-state index contributed by atoms with van der Waals surface area (Å²) >= 11 is 0. The first-order chi connectivity index (χ1) is 9.83. The van der Waals surface area contributed by atoms with Crippen molar-refractivity contribution in [3.05, 3.63) is 78.3 Å². The van der Waals surface area contributed by atoms with Crippen molar-refractivity contribution in [2.75, 3.05) is 0 Å². The Morgan fingerprint density at radius 3 is 2.30 bits per heavy atom. The highest BCUT2D eigenvalue weighted by molar-refractivity contribution is 5.55. The van der Waals surface area contributed by atoms with E-state index in [0.29, 0.717) is 5.89 Å². The van der Waals surface area contributed by atoms with Crippen molar-refractivity contribution in [1.82, 2.24) is 4.98 Å². The number of benzene rings is 2. The fraction of sp³-hybridized carbons (Fsp3) is 0.118. The molecule has 0 bridgehead atoms. The van der Waals surface area contributed by atoms with Gasteiger partial charge in [-0.15, -0.1) is 0 Å². The molecule has 3 heteroatoms. The highest BCUT2D eigenvalue weighted by Gasteiger charge is 2.14. The van der Waals surface area contributed by atoms with Gasteiger partial charge in [-0.05, 0) is 12.0 Å². The predicted octanol–water partition coefficient (Wildman–Crippen LogP) is 3.58. The number of hydrogen-bond acceptors (Lipinski definition) is 3. The molecule has 0 fully saturated rings. The van der Waals surface area contributed by atoms with Gasteiger partial charge in [-0.2, -0.15) is 0 Å². The lowest BCUT2D eigenvalue weighted by molar-refractivity contribution is 0.457. The minimum absolute atomic E-state index is 0.227. The molecule has 0 radical (unpaired) electrons. The van der Waals surface area contributed by atoms with E-state index in [1.807, 2.05) is 48.5 Å². The average molecular weight is 264 g/mol. The second-order valence-corrected chi connectivity index (χ2v) is 4.72. The topological polar surface area (TPSA) is 52.0 Å². The van der Waals surface area contributed by atoms with Gasteiger partial charge in [-0.3, -0.25) is 0 Å². The van der Waals surface area contributed by atoms with Crippen LogP contribution in [0.2, 0.25) is 0 Å². The standard InChI is InChI=1S/C17H16N2O/c18-15(11-13-7-3-1-4-8-13)17-19-12-16(20-17)14-9-5-2-6-10-14/h1-10,12,15H,11,18H2. The molecule has 1 heterocycles. The molecule has 2 N–H and O–H groups in total. The normalized spacial score (nSPS) is 12.2. The maximum absolute atomic E-state index is 6.16. The van der Waals surface area contributed by atoms with E-state index in [1.54, 1.807) is 6.20 Å². The summed E-state index contributed by atoms with van der Waals surface area (Å²) in [5.41, 5.74) is 8.35. The molecule has 0 saturated heterocycles. The lowest BCUT2D eigenvalue weighted by Gasteiger charge is -2.07. The van der Waals surface area contributed by atoms with Gasteiger partial charge in [0.2, 0.25) is 5.89 Å². The van der Waals surface area contributed by atoms with E-state index in [4.69, 9.17) is 10.2 Å². The van der Waals surface area contributed by atoms with Gasteiger partial charge in [0.25, 0.3) is 0 Å². The first kappa shape index (κ1) is 12.6. The van der Waals surface area contributed by atoms with Crippen molar-refractivity contribution in [3.63, 3.8) is 0 Å². The molecule has 0 aliphatic heterocycles. The van der Waals surface area contributed by atoms with Crippen LogP contribution in [0.4, 0.5) is 0 Å². The van der Waals surface area contributed by atoms with Gasteiger partial charge in [0, 0.05) is 5.56 Å². The Bertz CT molecular complexity index is 662. The quantitative estimate of drug-likeness (QED) is 0.783. The number of rotatable bonds is 4. The molecule has 0 aliphatic rings. The van der Waals surface area contributed by atoms with Gasteiger partial charge in [0.1, 0.15) is 0 Å². The van der Waals surface area contributed by atoms with Crippen molar-refractivity contribution in [2.45, 2.75) is 12.5 Å². The minimum atomic E-state index is -0.227. The van der Waals surface area contributed by atoms with Crippen LogP contribution in [-0.4, -0.2) is 4.98 Å². The summed E-state index contributed by atoms with van der Waals surface area (Å²) in [6.07, 6.45) is 2.45. The second kappa shape index (κ2) is 5.72. The summed E-state index contributed by atoms with van der Waals surface area (Å²) in [6.45, 7) is 0. The van der Waals surface area contributed by atoms with E-state index < -0.39 is 0 Å². The zero-order valence-corrected chi connectivity index (χ0v) is 11.1. The smallest absolute Gasteiger partial charge is 0.212 e. The van der Waals surface area contributed by atoms with Crippen LogP contribution in [0.15, 0.2) is 71.3 Å². The van der Waals surface area contributed by atoms with E-state index in [9.17, 15) is 0 Å². The highest BCUT2D eigenvalue weighted by Crippen LogP contribution is 2.23. The Morgan fingerprint density at radius 1 is 0.950 bits per heavy atom. The third kappa shape index (κ3) is 2.78. The van der Waals surface area contributed by atoms with Crippen molar-refractivity contribution in [1.29, 1.82) is 0 Å². The molecule has 1 aromatic heterocycles. The summed E-state index contributed by atoms with van der Waals surface area (Å²) in [5.74, 6) is 1.33. The maximum atomic E-state index is 6.16. The number of oxazole rings is 1. The molecule has 0 saturated carbocycles. The minimum Gasteiger partial charge on any atom is -0.439 e. The fourth-order valence-electron chi connectivity index (χ4n) is 2.15. The Labute approximate surface area is 118 Å². The van der Waals surface area contributed by atoms with Gasteiger partial charge in [-0.1, -0.05) is 60.7 Å². The molecule has 3 rings (SSSR count). The highest BCUT2D eigenvalue weighted by atomic mass is 16.4. The molecule has 0 aliphatic carbocycles. The van der Waals surface area contributed by atoms with Gasteiger partial charge >= 0.3 is 0 Å². The Kier molecular flexibility index (Phi) is 3.61. The number of nitrogens with zero attached hydrogens (tertiary/aromatic N) is 1. The molecule has 2 aromatic carbocycles. The zero-order valence-electron chi connectivity index (χ0n) is 11.1. The molecule has 3 aromatic rings. The predicted molar refractivity (Wildman–Crippen MR) is 79.0 cm³/mol. The summed E-state index contributed by atoms with van der Waals surface area (Å²) < 4.78 is 5.77. The largest absolute Gasteiger partial charge is 0.439 e. The van der Waals surface area contributed by atoms with Crippen LogP contribution >= 0.6 is 0 Å². The SMILES string of the molecule is NC(Cc1ccccc1)c1ncc(-c2ccccc2)o1. The van der Waals surface area contributed by atoms with Crippen LogP contribution in [0.25, 0.3) is 11.3 Å². The van der Waals surface area contributed by atoms with Crippen LogP contribution in [0.1, 0.15) is 17.5 Å². The van der Waals surface area contributed by atoms with Crippen molar-refractivity contribution < 1.29 is 4.42 Å². The molecular formula is C17H16N2O. The third-order valence-corrected chi connectivity index (χ3v) is 3.20. The van der Waals surface area contributed by atoms with Crippen LogP contribution in [0, 0.1) is 0 Å². The summed E-state index contributed by atoms with van der Waals surface area (Å²) in [4.78, 5) is 4.30. The second-order valence-electron chi connectivity index (χ2n) is 4.72. The van der Waals surface area contributed by atoms with Crippen LogP contribution in [0.3, 0.4) is 0 Å². The maximum Gasteiger partial charge on any atom is 0.212 e. The first-order valence-electron chi connectivity index (χ1n) is 6.63. The summed E-state index contributed by atoms with van der Waals surface area (Å²) in [6, 6.07) is 19.8. The zero-order chi connectivity index (χ0) is 13.8. The Morgan fingerprint density at radius 2 is 1.60 bits per heavy atom. The summed E-state index contributed by atoms with van der Waals surface area (Å²) in [5, 5.41) is 0. The molecule has 0 amide bonds. The molecule has 1 atom stereocenters. The van der Waals surface area contributed by atoms with Gasteiger partial charge in [0.15, 0.2) is 5.76 Å². The fourth-order valence-corrected chi connectivity index (χ4v) is 2.15. The Balaban J connectivity index is 1.77. The van der Waals surface area contributed by atoms with E-state index in [1.165, 1.54) is 5.56 Å². The van der Waals surface area contributed by atoms with E-state index in [0.717, 1.165) is 17.7 Å². The van der Waals surface area contributed by atoms with Gasteiger partial charge in [0.05, 0.1) is 12.2 Å². The van der Waals surface area contributed by atoms with E-state index >= 15 is 0 Å². The van der Waals surface area contributed by atoms with Crippen LogP contribution in [0.5, 0.6) is 0 Å². The van der Waals surface area contributed by atoms with Gasteiger partial charge < -0.3 is 10.2 Å². The van der Waals surface area contributed by atoms with Crippen molar-refractivity contribution in [3.8, 4) is 11.3 Å². The third-order valence-electron chi connectivity index (χ3n) is 3.20. The number of hydrogen-bond donors (Lipinski definition) is 1. The van der Waals surface area contributed by atoms with Crippen molar-refractivity contribution in [2.24, 2.45) is 5.73 Å². The lowest BCUT2D eigenvalue weighted by atomic mass is 10.1. The van der Waals surface area contributed by atoms with Gasteiger partial charge in [-0.25, -0.2) is 4.98 Å². The monoisotopic (exact) mass is 264 g/mol. The number of nitrogens with two attached hydrogens (primary N) is 1. The molecule has 1 unspecified atom stereocenters. The molecule has 3 nitrogen and oxygen atoms in total. The van der Waals surface area contributed by atoms with Crippen molar-refractivity contribution >= 4 is 0 Å². The number of aromatic nitrogens is 1. The van der Waals surface area contributed by atoms with Crippen LogP contribution < -0.4 is 5.73 Å². The summed E-state index contributed by atoms with van der Waals surface area (Å²) in [7, 11) is 0. The molecular weight excluding hydrogens is 248 g/mol. The van der Waals surface area contributed by atoms with E-state index in [-0.39, 0.29) is 6.04 Å². The lowest BCUT2D eigenvalue weighted by Crippen LogP contribution is -2.13. The molecule has 0 spiro atoms. The first-order valence-corrected chi connectivity index (χ1v) is 6.63. The van der Waals surface area contributed by atoms with E-state index in [2.05, 4.69) is 17.1 Å². The molecule has 100 valence electrons. The Hall–Kier alpha value is -2.39. The molecule has 20 heavy (non-hydrogen) atoms. The van der Waals surface area contributed by atoms with Crippen LogP contribution in [-0.2, 0) is 6.42 Å².